The van der Waals surface area contributed by atoms with E-state index in [0.717, 1.165) is 55.5 Å². The molecule has 3 aliphatic rings. The van der Waals surface area contributed by atoms with Gasteiger partial charge in [-0.15, -0.1) is 0 Å². The molecule has 1 aromatic rings. The molecule has 0 bridgehead atoms. The number of nitrogens with one attached hydrogen (secondary N) is 1. The maximum Gasteiger partial charge on any atom is 0.213 e. The molecule has 0 amide bonds. The highest BCUT2D eigenvalue weighted by atomic mass is 16.5. The Labute approximate surface area is 175 Å². The van der Waals surface area contributed by atoms with E-state index in [4.69, 9.17) is 9.73 Å². The van der Waals surface area contributed by atoms with Crippen molar-refractivity contribution in [3.8, 4) is 5.88 Å². The fourth-order valence-corrected chi connectivity index (χ4v) is 4.39. The Bertz CT molecular complexity index is 669. The van der Waals surface area contributed by atoms with Crippen LogP contribution in [0, 0.1) is 11.8 Å². The number of nitrogens with zero attached hydrogens (tertiary/aromatic N) is 4. The number of guanidine groups is 1. The van der Waals surface area contributed by atoms with E-state index in [-0.39, 0.29) is 0 Å². The van der Waals surface area contributed by atoms with Crippen LogP contribution in [0.5, 0.6) is 5.88 Å². The molecule has 1 aliphatic carbocycles. The fourth-order valence-electron chi connectivity index (χ4n) is 4.39. The molecule has 1 saturated carbocycles. The van der Waals surface area contributed by atoms with Gasteiger partial charge in [0.2, 0.25) is 5.88 Å². The Morgan fingerprint density at radius 1 is 1.17 bits per heavy atom. The summed E-state index contributed by atoms with van der Waals surface area (Å²) in [7, 11) is 0. The van der Waals surface area contributed by atoms with Crippen molar-refractivity contribution in [2.75, 3.05) is 45.9 Å². The third kappa shape index (κ3) is 6.33. The number of aliphatic imine (C=N–C) groups is 1. The van der Waals surface area contributed by atoms with E-state index in [1.165, 1.54) is 58.2 Å². The lowest BCUT2D eigenvalue weighted by molar-refractivity contribution is 0.198. The normalized spacial score (nSPS) is 23.4. The number of rotatable bonds is 8. The quantitative estimate of drug-likeness (QED) is 0.538. The molecule has 1 unspecified atom stereocenters. The van der Waals surface area contributed by atoms with E-state index in [1.54, 1.807) is 0 Å². The molecule has 0 radical (unpaired) electrons. The number of likely N-dealkylation sites (tertiary alicyclic amines) is 2. The fraction of sp³-hybridized carbons (Fsp3) is 0.739. The predicted octanol–water partition coefficient (Wildman–Crippen LogP) is 3.14. The van der Waals surface area contributed by atoms with Crippen LogP contribution in [0.1, 0.15) is 51.0 Å². The monoisotopic (exact) mass is 399 g/mol. The molecule has 0 aromatic carbocycles. The van der Waals surface area contributed by atoms with Gasteiger partial charge in [-0.05, 0) is 75.6 Å². The minimum atomic E-state index is 0.665. The average Bonchev–Trinajstić information content (AvgIpc) is 3.48. The molecule has 160 valence electrons. The summed E-state index contributed by atoms with van der Waals surface area (Å²) in [5.41, 5.74) is 1.16. The Morgan fingerprint density at radius 2 is 2.03 bits per heavy atom. The molecular weight excluding hydrogens is 362 g/mol. The third-order valence-electron chi connectivity index (χ3n) is 6.26. The number of aromatic nitrogens is 1. The molecule has 1 N–H and O–H groups in total. The smallest absolute Gasteiger partial charge is 0.213 e. The van der Waals surface area contributed by atoms with Crippen LogP contribution >= 0.6 is 0 Å². The minimum Gasteiger partial charge on any atom is -0.477 e. The Kier molecular flexibility index (Phi) is 7.25. The van der Waals surface area contributed by atoms with Gasteiger partial charge in [-0.2, -0.15) is 0 Å². The maximum absolute atomic E-state index is 5.82. The third-order valence-corrected chi connectivity index (χ3v) is 6.26. The van der Waals surface area contributed by atoms with Gasteiger partial charge in [-0.3, -0.25) is 0 Å². The van der Waals surface area contributed by atoms with E-state index >= 15 is 0 Å². The standard InChI is InChI=1S/C23H37N5O/c1-2-24-23(28-13-9-21(17-28)16-27-11-4-3-5-12-27)26-15-20-8-10-25-22(14-20)29-18-19-6-7-19/h8,10,14,19,21H,2-7,9,11-13,15-18H2,1H3,(H,24,26). The Balaban J connectivity index is 1.30. The largest absolute Gasteiger partial charge is 0.477 e. The molecule has 29 heavy (non-hydrogen) atoms. The SMILES string of the molecule is CCNC(=NCc1ccnc(OCC2CC2)c1)N1CCC(CN2CCCCC2)C1. The number of piperidine rings is 1. The van der Waals surface area contributed by atoms with Crippen molar-refractivity contribution in [3.63, 3.8) is 0 Å². The minimum absolute atomic E-state index is 0.665. The molecule has 0 spiro atoms. The number of ether oxygens (including phenoxy) is 1. The van der Waals surface area contributed by atoms with Crippen LogP contribution in [-0.4, -0.2) is 66.6 Å². The second-order valence-electron chi connectivity index (χ2n) is 8.89. The van der Waals surface area contributed by atoms with Gasteiger partial charge in [0.05, 0.1) is 13.2 Å². The van der Waals surface area contributed by atoms with Crippen LogP contribution in [0.25, 0.3) is 0 Å². The molecule has 2 aliphatic heterocycles. The van der Waals surface area contributed by atoms with Gasteiger partial charge in [0, 0.05) is 38.4 Å². The number of hydrogen-bond donors (Lipinski definition) is 1. The number of hydrogen-bond acceptors (Lipinski definition) is 4. The lowest BCUT2D eigenvalue weighted by Gasteiger charge is -2.29. The van der Waals surface area contributed by atoms with E-state index < -0.39 is 0 Å². The molecule has 6 nitrogen and oxygen atoms in total. The van der Waals surface area contributed by atoms with E-state index in [0.29, 0.717) is 6.54 Å². The highest BCUT2D eigenvalue weighted by Gasteiger charge is 2.27. The molecule has 3 fully saturated rings. The van der Waals surface area contributed by atoms with Crippen LogP contribution in [0.15, 0.2) is 23.3 Å². The van der Waals surface area contributed by atoms with Crippen molar-refractivity contribution in [1.82, 2.24) is 20.1 Å². The zero-order chi connectivity index (χ0) is 19.9. The van der Waals surface area contributed by atoms with Gasteiger partial charge in [0.1, 0.15) is 0 Å². The van der Waals surface area contributed by atoms with Crippen LogP contribution in [0.3, 0.4) is 0 Å². The Morgan fingerprint density at radius 3 is 2.83 bits per heavy atom. The zero-order valence-corrected chi connectivity index (χ0v) is 18.0. The summed E-state index contributed by atoms with van der Waals surface area (Å²) < 4.78 is 5.82. The van der Waals surface area contributed by atoms with Crippen LogP contribution in [-0.2, 0) is 6.54 Å². The first-order valence-electron chi connectivity index (χ1n) is 11.6. The summed E-state index contributed by atoms with van der Waals surface area (Å²) in [5, 5.41) is 3.50. The topological polar surface area (TPSA) is 53.0 Å². The summed E-state index contributed by atoms with van der Waals surface area (Å²) in [6, 6.07) is 4.08. The van der Waals surface area contributed by atoms with Crippen LogP contribution < -0.4 is 10.1 Å². The van der Waals surface area contributed by atoms with Gasteiger partial charge in [-0.1, -0.05) is 6.42 Å². The van der Waals surface area contributed by atoms with Gasteiger partial charge in [-0.25, -0.2) is 9.98 Å². The first kappa shape index (κ1) is 20.5. The second kappa shape index (κ2) is 10.3. The molecule has 1 atom stereocenters. The second-order valence-corrected chi connectivity index (χ2v) is 8.89. The van der Waals surface area contributed by atoms with Gasteiger partial charge >= 0.3 is 0 Å². The van der Waals surface area contributed by atoms with Crippen molar-refractivity contribution >= 4 is 5.96 Å². The Hall–Kier alpha value is -1.82. The van der Waals surface area contributed by atoms with Crippen molar-refractivity contribution in [1.29, 1.82) is 0 Å². The molecule has 4 rings (SSSR count). The van der Waals surface area contributed by atoms with Crippen molar-refractivity contribution < 1.29 is 4.74 Å². The van der Waals surface area contributed by atoms with Crippen LogP contribution in [0.2, 0.25) is 0 Å². The van der Waals surface area contributed by atoms with E-state index in [1.807, 2.05) is 18.3 Å². The summed E-state index contributed by atoms with van der Waals surface area (Å²) in [6.07, 6.45) is 9.86. The van der Waals surface area contributed by atoms with E-state index in [9.17, 15) is 0 Å². The van der Waals surface area contributed by atoms with Crippen molar-refractivity contribution in [2.45, 2.75) is 52.0 Å². The zero-order valence-electron chi connectivity index (χ0n) is 18.0. The molecular formula is C23H37N5O. The first-order chi connectivity index (χ1) is 14.3. The van der Waals surface area contributed by atoms with Gasteiger partial charge < -0.3 is 19.9 Å². The molecule has 1 aromatic heterocycles. The molecule has 6 heteroatoms. The molecule has 2 saturated heterocycles. The first-order valence-corrected chi connectivity index (χ1v) is 11.6. The summed E-state index contributed by atoms with van der Waals surface area (Å²) in [5.74, 6) is 3.29. The van der Waals surface area contributed by atoms with Crippen molar-refractivity contribution in [3.05, 3.63) is 23.9 Å². The van der Waals surface area contributed by atoms with E-state index in [2.05, 4.69) is 27.0 Å². The summed E-state index contributed by atoms with van der Waals surface area (Å²) in [6.45, 7) is 10.6. The summed E-state index contributed by atoms with van der Waals surface area (Å²) in [4.78, 5) is 14.4. The van der Waals surface area contributed by atoms with Gasteiger partial charge in [0.15, 0.2) is 5.96 Å². The van der Waals surface area contributed by atoms with Gasteiger partial charge in [0.25, 0.3) is 0 Å². The lowest BCUT2D eigenvalue weighted by atomic mass is 10.1. The summed E-state index contributed by atoms with van der Waals surface area (Å²) >= 11 is 0. The highest BCUT2D eigenvalue weighted by Crippen LogP contribution is 2.29. The lowest BCUT2D eigenvalue weighted by Crippen LogP contribution is -2.41. The van der Waals surface area contributed by atoms with Crippen molar-refractivity contribution in [2.24, 2.45) is 16.8 Å². The molecule has 3 heterocycles. The number of pyridine rings is 1. The maximum atomic E-state index is 5.82. The predicted molar refractivity (Wildman–Crippen MR) is 117 cm³/mol. The average molecular weight is 400 g/mol. The highest BCUT2D eigenvalue weighted by molar-refractivity contribution is 5.80. The van der Waals surface area contributed by atoms with Crippen LogP contribution in [0.4, 0.5) is 0 Å².